The summed E-state index contributed by atoms with van der Waals surface area (Å²) in [6, 6.07) is 6.66. The number of halogens is 4. The van der Waals surface area contributed by atoms with Crippen molar-refractivity contribution in [2.24, 2.45) is 0 Å². The van der Waals surface area contributed by atoms with E-state index in [9.17, 15) is 8.42 Å². The SMILES string of the molecule is O=S(=O)(OCC(Cl)(Cl)Cl)N1CC1c1ccc(Cl)cc1. The van der Waals surface area contributed by atoms with Gasteiger partial charge in [0.15, 0.2) is 0 Å². The molecule has 2 rings (SSSR count). The first-order chi connectivity index (χ1) is 8.69. The maximum absolute atomic E-state index is 11.8. The lowest BCUT2D eigenvalue weighted by Crippen LogP contribution is -2.22. The molecule has 1 aromatic rings. The molecule has 0 aliphatic carbocycles. The Hall–Kier alpha value is 0.250. The van der Waals surface area contributed by atoms with E-state index in [1.54, 1.807) is 24.3 Å². The Balaban J connectivity index is 2.00. The van der Waals surface area contributed by atoms with E-state index >= 15 is 0 Å². The van der Waals surface area contributed by atoms with Crippen LogP contribution in [0.4, 0.5) is 0 Å². The monoisotopic (exact) mass is 363 g/mol. The lowest BCUT2D eigenvalue weighted by atomic mass is 10.2. The van der Waals surface area contributed by atoms with Gasteiger partial charge in [-0.2, -0.15) is 12.7 Å². The number of nitrogens with zero attached hydrogens (tertiary/aromatic N) is 1. The zero-order valence-corrected chi connectivity index (χ0v) is 13.2. The van der Waals surface area contributed by atoms with E-state index in [2.05, 4.69) is 4.18 Å². The van der Waals surface area contributed by atoms with Crippen molar-refractivity contribution in [3.63, 3.8) is 0 Å². The Bertz CT molecular complexity index is 555. The van der Waals surface area contributed by atoms with Gasteiger partial charge < -0.3 is 0 Å². The minimum atomic E-state index is -3.88. The van der Waals surface area contributed by atoms with Crippen molar-refractivity contribution in [1.82, 2.24) is 4.31 Å². The molecule has 4 nitrogen and oxygen atoms in total. The van der Waals surface area contributed by atoms with Crippen molar-refractivity contribution in [1.29, 1.82) is 0 Å². The van der Waals surface area contributed by atoms with E-state index in [0.29, 0.717) is 11.6 Å². The van der Waals surface area contributed by atoms with Crippen LogP contribution >= 0.6 is 46.4 Å². The van der Waals surface area contributed by atoms with Crippen LogP contribution in [-0.4, -0.2) is 29.7 Å². The Labute approximate surface area is 131 Å². The summed E-state index contributed by atoms with van der Waals surface area (Å²) in [7, 11) is -3.88. The molecule has 1 aliphatic heterocycles. The van der Waals surface area contributed by atoms with Gasteiger partial charge in [0.2, 0.25) is 3.79 Å². The third-order valence-electron chi connectivity index (χ3n) is 2.48. The van der Waals surface area contributed by atoms with Gasteiger partial charge in [-0.05, 0) is 17.7 Å². The van der Waals surface area contributed by atoms with Crippen LogP contribution in [0.2, 0.25) is 5.02 Å². The minimum absolute atomic E-state index is 0.252. The number of hydrogen-bond acceptors (Lipinski definition) is 3. The van der Waals surface area contributed by atoms with Gasteiger partial charge in [-0.3, -0.25) is 4.18 Å². The van der Waals surface area contributed by atoms with Gasteiger partial charge in [-0.15, -0.1) is 0 Å². The Morgan fingerprint density at radius 3 is 2.37 bits per heavy atom. The molecule has 1 aromatic carbocycles. The normalized spacial score (nSPS) is 23.4. The topological polar surface area (TPSA) is 46.4 Å². The second kappa shape index (κ2) is 5.56. The van der Waals surface area contributed by atoms with Crippen molar-refractivity contribution in [2.45, 2.75) is 9.83 Å². The Kier molecular flexibility index (Phi) is 4.58. The van der Waals surface area contributed by atoms with Gasteiger partial charge >= 0.3 is 10.3 Å². The molecule has 1 heterocycles. The lowest BCUT2D eigenvalue weighted by Gasteiger charge is -2.12. The van der Waals surface area contributed by atoms with Crippen molar-refractivity contribution in [3.05, 3.63) is 34.9 Å². The molecule has 9 heteroatoms. The molecule has 0 saturated carbocycles. The summed E-state index contributed by atoms with van der Waals surface area (Å²) in [6.07, 6.45) is 0. The molecule has 0 amide bonds. The molecule has 0 N–H and O–H groups in total. The first kappa shape index (κ1) is 15.6. The third kappa shape index (κ3) is 4.36. The lowest BCUT2D eigenvalue weighted by molar-refractivity contribution is 0.305. The smallest absolute Gasteiger partial charge is 0.253 e. The van der Waals surface area contributed by atoms with Gasteiger partial charge in [-0.1, -0.05) is 58.5 Å². The van der Waals surface area contributed by atoms with Gasteiger partial charge in [0, 0.05) is 11.6 Å². The fourth-order valence-corrected chi connectivity index (χ4v) is 3.24. The first-order valence-corrected chi connectivity index (χ1v) is 8.05. The average molecular weight is 365 g/mol. The summed E-state index contributed by atoms with van der Waals surface area (Å²) in [5.74, 6) is 0. The molecule has 2 unspecified atom stereocenters. The summed E-state index contributed by atoms with van der Waals surface area (Å²) in [4.78, 5) is 0. The predicted octanol–water partition coefficient (Wildman–Crippen LogP) is 3.33. The van der Waals surface area contributed by atoms with Crippen LogP contribution in [0.3, 0.4) is 0 Å². The molecule has 106 valence electrons. The minimum Gasteiger partial charge on any atom is -0.253 e. The zero-order chi connectivity index (χ0) is 14.3. The average Bonchev–Trinajstić information content (AvgIpc) is 3.07. The standard InChI is InChI=1S/C10H9Cl4NO3S/c11-8-3-1-7(2-4-8)9-5-15(9)19(16,17)18-6-10(12,13)14/h1-4,9H,5-6H2. The summed E-state index contributed by atoms with van der Waals surface area (Å²) in [6.45, 7) is -0.187. The van der Waals surface area contributed by atoms with E-state index in [1.165, 1.54) is 4.31 Å². The third-order valence-corrected chi connectivity index (χ3v) is 4.45. The second-order valence-electron chi connectivity index (χ2n) is 3.97. The van der Waals surface area contributed by atoms with Crippen LogP contribution < -0.4 is 0 Å². The largest absolute Gasteiger partial charge is 0.339 e. The summed E-state index contributed by atoms with van der Waals surface area (Å²) in [5, 5.41) is 0.589. The highest BCUT2D eigenvalue weighted by Crippen LogP contribution is 2.39. The zero-order valence-electron chi connectivity index (χ0n) is 9.39. The quantitative estimate of drug-likeness (QED) is 0.608. The molecule has 1 aliphatic rings. The molecule has 0 spiro atoms. The first-order valence-electron chi connectivity index (χ1n) is 5.17. The van der Waals surface area contributed by atoms with Crippen LogP contribution in [0.1, 0.15) is 11.6 Å². The number of hydrogen-bond donors (Lipinski definition) is 0. The maximum Gasteiger partial charge on any atom is 0.339 e. The predicted molar refractivity (Wildman–Crippen MR) is 76.1 cm³/mol. The van der Waals surface area contributed by atoms with Gasteiger partial charge in [0.25, 0.3) is 0 Å². The molecule has 19 heavy (non-hydrogen) atoms. The van der Waals surface area contributed by atoms with Crippen molar-refractivity contribution < 1.29 is 12.6 Å². The highest BCUT2D eigenvalue weighted by Gasteiger charge is 2.46. The highest BCUT2D eigenvalue weighted by atomic mass is 35.6. The van der Waals surface area contributed by atoms with Gasteiger partial charge in [0.05, 0.1) is 6.04 Å². The molecule has 2 atom stereocenters. The van der Waals surface area contributed by atoms with E-state index in [1.807, 2.05) is 0 Å². The number of benzene rings is 1. The second-order valence-corrected chi connectivity index (χ2v) is 8.48. The molecular weight excluding hydrogens is 356 g/mol. The van der Waals surface area contributed by atoms with Crippen LogP contribution in [0, 0.1) is 0 Å². The van der Waals surface area contributed by atoms with Crippen LogP contribution in [0.15, 0.2) is 24.3 Å². The molecule has 0 aromatic heterocycles. The summed E-state index contributed by atoms with van der Waals surface area (Å²) < 4.78 is 27.7. The Morgan fingerprint density at radius 2 is 1.84 bits per heavy atom. The molecule has 1 saturated heterocycles. The van der Waals surface area contributed by atoms with E-state index in [-0.39, 0.29) is 6.04 Å². The van der Waals surface area contributed by atoms with Crippen molar-refractivity contribution in [3.8, 4) is 0 Å². The summed E-state index contributed by atoms with van der Waals surface area (Å²) in [5.41, 5.74) is 0.838. The van der Waals surface area contributed by atoms with Crippen LogP contribution in [-0.2, 0) is 14.5 Å². The van der Waals surface area contributed by atoms with Crippen LogP contribution in [0.5, 0.6) is 0 Å². The van der Waals surface area contributed by atoms with E-state index < -0.39 is 20.7 Å². The number of alkyl halides is 3. The van der Waals surface area contributed by atoms with E-state index in [0.717, 1.165) is 5.56 Å². The maximum atomic E-state index is 11.8. The van der Waals surface area contributed by atoms with Crippen molar-refractivity contribution >= 4 is 56.7 Å². The van der Waals surface area contributed by atoms with Gasteiger partial charge in [0.1, 0.15) is 6.61 Å². The Morgan fingerprint density at radius 1 is 1.26 bits per heavy atom. The fourth-order valence-electron chi connectivity index (χ4n) is 1.54. The van der Waals surface area contributed by atoms with Crippen LogP contribution in [0.25, 0.3) is 0 Å². The fraction of sp³-hybridized carbons (Fsp3) is 0.400. The highest BCUT2D eigenvalue weighted by molar-refractivity contribution is 7.84. The van der Waals surface area contributed by atoms with E-state index in [4.69, 9.17) is 46.4 Å². The van der Waals surface area contributed by atoms with Crippen molar-refractivity contribution in [2.75, 3.05) is 13.2 Å². The summed E-state index contributed by atoms with van der Waals surface area (Å²) >= 11 is 22.1. The van der Waals surface area contributed by atoms with Gasteiger partial charge in [-0.25, -0.2) is 0 Å². The molecule has 1 fully saturated rings. The molecule has 0 radical (unpaired) electrons. The molecule has 0 bridgehead atoms. The molecular formula is C10H9Cl4NO3S. The number of rotatable bonds is 4.